The van der Waals surface area contributed by atoms with Gasteiger partial charge in [0.1, 0.15) is 5.75 Å². The zero-order valence-corrected chi connectivity index (χ0v) is 12.6. The molecule has 0 aromatic heterocycles. The van der Waals surface area contributed by atoms with Crippen LogP contribution < -0.4 is 9.83 Å². The Morgan fingerprint density at radius 1 is 1.00 bits per heavy atom. The van der Waals surface area contributed by atoms with E-state index in [1.54, 1.807) is 36.4 Å². The molecule has 106 valence electrons. The van der Waals surface area contributed by atoms with Crippen molar-refractivity contribution in [2.45, 2.75) is 26.7 Å². The Morgan fingerprint density at radius 2 is 1.70 bits per heavy atom. The second kappa shape index (κ2) is 6.25. The van der Waals surface area contributed by atoms with Crippen LogP contribution in [-0.4, -0.2) is 4.89 Å². The molecule has 0 aliphatic heterocycles. The molecular weight excluding hydrogens is 271 g/mol. The molecule has 0 bridgehead atoms. The van der Waals surface area contributed by atoms with Crippen molar-refractivity contribution in [3.8, 4) is 5.75 Å². The van der Waals surface area contributed by atoms with E-state index < -0.39 is 7.60 Å². The Hall–Kier alpha value is -1.57. The highest BCUT2D eigenvalue weighted by molar-refractivity contribution is 7.61. The van der Waals surface area contributed by atoms with Crippen LogP contribution in [0.5, 0.6) is 5.75 Å². The molecule has 4 heteroatoms. The Morgan fingerprint density at radius 3 is 2.30 bits per heavy atom. The van der Waals surface area contributed by atoms with Crippen molar-refractivity contribution in [3.63, 3.8) is 0 Å². The van der Waals surface area contributed by atoms with Crippen LogP contribution in [0.2, 0.25) is 0 Å². The molecule has 0 aliphatic rings. The van der Waals surface area contributed by atoms with Crippen LogP contribution in [0, 0.1) is 0 Å². The number of hydrogen-bond donors (Lipinski definition) is 1. The SMILES string of the molecule is CCc1cccc(OP(=O)(O)c2ccccc2)c1CC. The lowest BCUT2D eigenvalue weighted by Gasteiger charge is -2.17. The molecule has 20 heavy (non-hydrogen) atoms. The summed E-state index contributed by atoms with van der Waals surface area (Å²) in [5.74, 6) is 0.501. The van der Waals surface area contributed by atoms with Crippen LogP contribution in [-0.2, 0) is 17.4 Å². The molecule has 0 fully saturated rings. The second-order valence-corrected chi connectivity index (χ2v) is 6.29. The van der Waals surface area contributed by atoms with E-state index in [2.05, 4.69) is 6.92 Å². The molecule has 2 rings (SSSR count). The Labute approximate surface area is 119 Å². The first-order valence-corrected chi connectivity index (χ1v) is 8.35. The fourth-order valence-corrected chi connectivity index (χ4v) is 3.32. The molecular formula is C16H19O3P. The van der Waals surface area contributed by atoms with E-state index in [4.69, 9.17) is 4.52 Å². The minimum atomic E-state index is -3.84. The first-order chi connectivity index (χ1) is 9.58. The van der Waals surface area contributed by atoms with Gasteiger partial charge in [-0.05, 0) is 42.2 Å². The lowest BCUT2D eigenvalue weighted by Crippen LogP contribution is -2.09. The maximum atomic E-state index is 12.4. The minimum absolute atomic E-state index is 0.309. The number of rotatable bonds is 5. The standard InChI is InChI=1S/C16H19O3P/c1-3-13-9-8-12-16(15(13)4-2)19-20(17,18)14-10-6-5-7-11-14/h5-12H,3-4H2,1-2H3,(H,17,18). The molecule has 0 spiro atoms. The number of hydrogen-bond acceptors (Lipinski definition) is 2. The molecule has 0 heterocycles. The quantitative estimate of drug-likeness (QED) is 0.854. The highest BCUT2D eigenvalue weighted by atomic mass is 31.2. The largest absolute Gasteiger partial charge is 0.421 e. The van der Waals surface area contributed by atoms with E-state index in [1.807, 2.05) is 19.1 Å². The first-order valence-electron chi connectivity index (χ1n) is 6.77. The molecule has 0 radical (unpaired) electrons. The molecule has 0 amide bonds. The Kier molecular flexibility index (Phi) is 4.64. The normalized spacial score (nSPS) is 13.8. The van der Waals surface area contributed by atoms with Crippen molar-refractivity contribution in [1.29, 1.82) is 0 Å². The van der Waals surface area contributed by atoms with Crippen molar-refractivity contribution in [3.05, 3.63) is 59.7 Å². The number of benzene rings is 2. The number of aryl methyl sites for hydroxylation is 1. The van der Waals surface area contributed by atoms with Crippen molar-refractivity contribution in [2.24, 2.45) is 0 Å². The summed E-state index contributed by atoms with van der Waals surface area (Å²) in [6, 6.07) is 14.1. The van der Waals surface area contributed by atoms with Crippen molar-refractivity contribution in [2.75, 3.05) is 0 Å². The minimum Gasteiger partial charge on any atom is -0.421 e. The Balaban J connectivity index is 2.37. The van der Waals surface area contributed by atoms with E-state index in [1.165, 1.54) is 0 Å². The van der Waals surface area contributed by atoms with Gasteiger partial charge in [-0.15, -0.1) is 0 Å². The van der Waals surface area contributed by atoms with Crippen LogP contribution in [0.4, 0.5) is 0 Å². The molecule has 1 atom stereocenters. The van der Waals surface area contributed by atoms with Crippen molar-refractivity contribution < 1.29 is 14.0 Å². The van der Waals surface area contributed by atoms with Gasteiger partial charge in [-0.1, -0.05) is 44.2 Å². The third-order valence-electron chi connectivity index (χ3n) is 3.27. The highest BCUT2D eigenvalue weighted by Crippen LogP contribution is 2.43. The maximum absolute atomic E-state index is 12.4. The average molecular weight is 290 g/mol. The first kappa shape index (κ1) is 14.8. The summed E-state index contributed by atoms with van der Waals surface area (Å²) in [6.07, 6.45) is 1.65. The predicted octanol–water partition coefficient (Wildman–Crippen LogP) is 3.70. The van der Waals surface area contributed by atoms with Gasteiger partial charge >= 0.3 is 7.60 Å². The van der Waals surface area contributed by atoms with Gasteiger partial charge in [0.05, 0.1) is 5.30 Å². The predicted molar refractivity (Wildman–Crippen MR) is 81.7 cm³/mol. The van der Waals surface area contributed by atoms with E-state index in [0.29, 0.717) is 11.1 Å². The fourth-order valence-electron chi connectivity index (χ4n) is 2.23. The van der Waals surface area contributed by atoms with Crippen molar-refractivity contribution in [1.82, 2.24) is 0 Å². The molecule has 2 aromatic rings. The van der Waals surface area contributed by atoms with E-state index >= 15 is 0 Å². The summed E-state index contributed by atoms with van der Waals surface area (Å²) in [6.45, 7) is 4.08. The molecule has 3 nitrogen and oxygen atoms in total. The van der Waals surface area contributed by atoms with Gasteiger partial charge in [0.15, 0.2) is 0 Å². The van der Waals surface area contributed by atoms with Gasteiger partial charge in [0.25, 0.3) is 0 Å². The van der Waals surface area contributed by atoms with Crippen LogP contribution >= 0.6 is 7.60 Å². The Bertz CT molecular complexity index is 623. The molecule has 2 aromatic carbocycles. The van der Waals surface area contributed by atoms with Crippen LogP contribution in [0.25, 0.3) is 0 Å². The summed E-state index contributed by atoms with van der Waals surface area (Å²) in [5, 5.41) is 0.309. The lowest BCUT2D eigenvalue weighted by atomic mass is 10.0. The van der Waals surface area contributed by atoms with E-state index in [-0.39, 0.29) is 0 Å². The summed E-state index contributed by atoms with van der Waals surface area (Å²) >= 11 is 0. The highest BCUT2D eigenvalue weighted by Gasteiger charge is 2.25. The maximum Gasteiger partial charge on any atom is 0.408 e. The fraction of sp³-hybridized carbons (Fsp3) is 0.250. The van der Waals surface area contributed by atoms with E-state index in [0.717, 1.165) is 24.0 Å². The van der Waals surface area contributed by atoms with Gasteiger partial charge in [-0.25, -0.2) is 4.57 Å². The molecule has 1 N–H and O–H groups in total. The van der Waals surface area contributed by atoms with Gasteiger partial charge in [0.2, 0.25) is 0 Å². The van der Waals surface area contributed by atoms with Gasteiger partial charge in [0, 0.05) is 0 Å². The molecule has 1 unspecified atom stereocenters. The summed E-state index contributed by atoms with van der Waals surface area (Å²) < 4.78 is 17.8. The van der Waals surface area contributed by atoms with Crippen LogP contribution in [0.15, 0.2) is 48.5 Å². The van der Waals surface area contributed by atoms with Gasteiger partial charge in [-0.3, -0.25) is 0 Å². The van der Waals surface area contributed by atoms with Crippen molar-refractivity contribution >= 4 is 12.9 Å². The van der Waals surface area contributed by atoms with E-state index in [9.17, 15) is 9.46 Å². The third-order valence-corrected chi connectivity index (χ3v) is 4.66. The van der Waals surface area contributed by atoms with Gasteiger partial charge < -0.3 is 9.42 Å². The molecule has 0 aliphatic carbocycles. The van der Waals surface area contributed by atoms with Gasteiger partial charge in [-0.2, -0.15) is 0 Å². The summed E-state index contributed by atoms with van der Waals surface area (Å²) in [5.41, 5.74) is 2.15. The zero-order valence-electron chi connectivity index (χ0n) is 11.7. The van der Waals surface area contributed by atoms with Crippen LogP contribution in [0.3, 0.4) is 0 Å². The second-order valence-electron chi connectivity index (χ2n) is 4.55. The zero-order chi connectivity index (χ0) is 14.6. The monoisotopic (exact) mass is 290 g/mol. The molecule has 0 saturated carbocycles. The smallest absolute Gasteiger partial charge is 0.408 e. The van der Waals surface area contributed by atoms with Crippen LogP contribution in [0.1, 0.15) is 25.0 Å². The summed E-state index contributed by atoms with van der Waals surface area (Å²) in [7, 11) is -3.84. The third kappa shape index (κ3) is 3.12. The summed E-state index contributed by atoms with van der Waals surface area (Å²) in [4.78, 5) is 10.2. The lowest BCUT2D eigenvalue weighted by molar-refractivity contribution is 0.391. The topological polar surface area (TPSA) is 46.5 Å². The molecule has 0 saturated heterocycles. The average Bonchev–Trinajstić information content (AvgIpc) is 2.47.